The van der Waals surface area contributed by atoms with Crippen molar-refractivity contribution in [1.29, 1.82) is 0 Å². The third-order valence-corrected chi connectivity index (χ3v) is 3.08. The smallest absolute Gasteiger partial charge is 0.231 e. The van der Waals surface area contributed by atoms with E-state index in [9.17, 15) is 0 Å². The minimum atomic E-state index is 0.295. The fourth-order valence-corrected chi connectivity index (χ4v) is 1.97. The summed E-state index contributed by atoms with van der Waals surface area (Å²) >= 11 is 0. The molecule has 2 aromatic carbocycles. The van der Waals surface area contributed by atoms with Crippen molar-refractivity contribution < 1.29 is 18.9 Å². The molecule has 0 amide bonds. The number of rotatable bonds is 0. The Labute approximate surface area is 128 Å². The molecular weight excluding hydrogens is 280 g/mol. The van der Waals surface area contributed by atoms with E-state index in [0.29, 0.717) is 13.6 Å². The predicted octanol–water partition coefficient (Wildman–Crippen LogP) is 2.79. The molecule has 0 saturated carbocycles. The zero-order chi connectivity index (χ0) is 15.4. The highest BCUT2D eigenvalue weighted by Gasteiger charge is 2.12. The largest absolute Gasteiger partial charge is 0.454 e. The number of fused-ring (bicyclic) bond motifs is 2. The van der Waals surface area contributed by atoms with Gasteiger partial charge in [-0.3, -0.25) is 0 Å². The molecule has 22 heavy (non-hydrogen) atoms. The molecule has 4 nitrogen and oxygen atoms in total. The van der Waals surface area contributed by atoms with Gasteiger partial charge < -0.3 is 18.9 Å². The maximum Gasteiger partial charge on any atom is 0.231 e. The van der Waals surface area contributed by atoms with E-state index in [1.165, 1.54) is 0 Å². The predicted molar refractivity (Wildman–Crippen MR) is 81.0 cm³/mol. The lowest BCUT2D eigenvalue weighted by molar-refractivity contribution is 0.173. The zero-order valence-corrected chi connectivity index (χ0v) is 11.7. The van der Waals surface area contributed by atoms with Crippen LogP contribution in [0.25, 0.3) is 0 Å². The summed E-state index contributed by atoms with van der Waals surface area (Å²) in [4.78, 5) is 0. The first-order chi connectivity index (χ1) is 10.8. The number of terminal acetylenes is 2. The van der Waals surface area contributed by atoms with Crippen molar-refractivity contribution in [2.24, 2.45) is 0 Å². The van der Waals surface area contributed by atoms with Crippen LogP contribution in [0.1, 0.15) is 11.1 Å². The van der Waals surface area contributed by atoms with Gasteiger partial charge in [0, 0.05) is 11.1 Å². The summed E-state index contributed by atoms with van der Waals surface area (Å²) in [6.07, 6.45) is 10.4. The molecule has 0 unspecified atom stereocenters. The zero-order valence-electron chi connectivity index (χ0n) is 11.7. The molecular formula is C18H12O4. The van der Waals surface area contributed by atoms with Crippen LogP contribution in [0.5, 0.6) is 23.0 Å². The first kappa shape index (κ1) is 13.7. The molecule has 4 rings (SSSR count). The Bertz CT molecular complexity index is 713. The number of benzene rings is 2. The van der Waals surface area contributed by atoms with E-state index in [1.807, 2.05) is 24.3 Å². The molecule has 2 heterocycles. The average molecular weight is 292 g/mol. The van der Waals surface area contributed by atoms with Crippen LogP contribution >= 0.6 is 0 Å². The second-order valence-electron chi connectivity index (χ2n) is 4.42. The van der Waals surface area contributed by atoms with Gasteiger partial charge in [0.15, 0.2) is 23.0 Å². The van der Waals surface area contributed by atoms with Crippen LogP contribution in [0.4, 0.5) is 0 Å². The van der Waals surface area contributed by atoms with Gasteiger partial charge in [-0.2, -0.15) is 0 Å². The Kier molecular flexibility index (Phi) is 3.76. The van der Waals surface area contributed by atoms with Crippen LogP contribution in [0.2, 0.25) is 0 Å². The number of ether oxygens (including phenoxy) is 4. The van der Waals surface area contributed by atoms with Crippen molar-refractivity contribution >= 4 is 0 Å². The van der Waals surface area contributed by atoms with Gasteiger partial charge >= 0.3 is 0 Å². The molecule has 2 aliphatic heterocycles. The van der Waals surface area contributed by atoms with Crippen molar-refractivity contribution in [1.82, 2.24) is 0 Å². The quantitative estimate of drug-likeness (QED) is 0.700. The molecule has 0 saturated heterocycles. The normalized spacial score (nSPS) is 12.6. The minimum absolute atomic E-state index is 0.295. The van der Waals surface area contributed by atoms with E-state index in [0.717, 1.165) is 34.1 Å². The Morgan fingerprint density at radius 2 is 1.05 bits per heavy atom. The summed E-state index contributed by atoms with van der Waals surface area (Å²) in [6, 6.07) is 10.9. The van der Waals surface area contributed by atoms with Gasteiger partial charge in [-0.25, -0.2) is 0 Å². The van der Waals surface area contributed by atoms with Gasteiger partial charge in [0.2, 0.25) is 13.6 Å². The van der Waals surface area contributed by atoms with Gasteiger partial charge in [0.05, 0.1) is 0 Å². The molecule has 0 N–H and O–H groups in total. The molecule has 2 aliphatic rings. The van der Waals surface area contributed by atoms with E-state index < -0.39 is 0 Å². The van der Waals surface area contributed by atoms with Gasteiger partial charge in [-0.1, -0.05) is 11.8 Å². The molecule has 0 fully saturated rings. The van der Waals surface area contributed by atoms with Crippen LogP contribution < -0.4 is 18.9 Å². The highest BCUT2D eigenvalue weighted by Crippen LogP contribution is 2.32. The van der Waals surface area contributed by atoms with Crippen LogP contribution in [0.15, 0.2) is 36.4 Å². The Morgan fingerprint density at radius 1 is 0.636 bits per heavy atom. The van der Waals surface area contributed by atoms with Crippen LogP contribution in [0, 0.1) is 24.7 Å². The highest BCUT2D eigenvalue weighted by atomic mass is 16.7. The van der Waals surface area contributed by atoms with Gasteiger partial charge in [-0.15, -0.1) is 12.8 Å². The van der Waals surface area contributed by atoms with Crippen molar-refractivity contribution in [3.05, 3.63) is 47.5 Å². The summed E-state index contributed by atoms with van der Waals surface area (Å²) in [7, 11) is 0. The first-order valence-corrected chi connectivity index (χ1v) is 6.52. The lowest BCUT2D eigenvalue weighted by Crippen LogP contribution is -1.92. The molecule has 2 aromatic rings. The molecule has 0 aliphatic carbocycles. The summed E-state index contributed by atoms with van der Waals surface area (Å²) in [5.74, 6) is 8.05. The van der Waals surface area contributed by atoms with Gasteiger partial charge in [0.1, 0.15) is 0 Å². The third kappa shape index (κ3) is 2.77. The van der Waals surface area contributed by atoms with Crippen molar-refractivity contribution in [2.75, 3.05) is 13.6 Å². The minimum Gasteiger partial charge on any atom is -0.454 e. The Balaban J connectivity index is 0.000000131. The van der Waals surface area contributed by atoms with Gasteiger partial charge in [-0.05, 0) is 36.4 Å². The maximum atomic E-state index is 5.20. The summed E-state index contributed by atoms with van der Waals surface area (Å²) in [5.41, 5.74) is 1.63. The lowest BCUT2D eigenvalue weighted by atomic mass is 10.2. The van der Waals surface area contributed by atoms with Crippen molar-refractivity contribution in [3.63, 3.8) is 0 Å². The van der Waals surface area contributed by atoms with Crippen molar-refractivity contribution in [2.45, 2.75) is 0 Å². The monoisotopic (exact) mass is 292 g/mol. The van der Waals surface area contributed by atoms with E-state index in [1.54, 1.807) is 12.1 Å². The summed E-state index contributed by atoms with van der Waals surface area (Å²) in [5, 5.41) is 0. The molecule has 0 bridgehead atoms. The van der Waals surface area contributed by atoms with Crippen LogP contribution in [-0.2, 0) is 0 Å². The molecule has 0 radical (unpaired) electrons. The third-order valence-electron chi connectivity index (χ3n) is 3.08. The first-order valence-electron chi connectivity index (χ1n) is 6.52. The van der Waals surface area contributed by atoms with E-state index in [-0.39, 0.29) is 0 Å². The van der Waals surface area contributed by atoms with E-state index in [2.05, 4.69) is 11.8 Å². The second kappa shape index (κ2) is 6.03. The van der Waals surface area contributed by atoms with E-state index in [4.69, 9.17) is 31.8 Å². The van der Waals surface area contributed by atoms with E-state index >= 15 is 0 Å². The van der Waals surface area contributed by atoms with Gasteiger partial charge in [0.25, 0.3) is 0 Å². The molecule has 0 spiro atoms. The fraction of sp³-hybridized carbons (Fsp3) is 0.111. The average Bonchev–Trinajstić information content (AvgIpc) is 3.22. The van der Waals surface area contributed by atoms with Crippen molar-refractivity contribution in [3.8, 4) is 47.7 Å². The second-order valence-corrected chi connectivity index (χ2v) is 4.42. The topological polar surface area (TPSA) is 36.9 Å². The molecule has 0 atom stereocenters. The molecule has 108 valence electrons. The maximum absolute atomic E-state index is 5.20. The number of hydrogen-bond donors (Lipinski definition) is 0. The van der Waals surface area contributed by atoms with Crippen LogP contribution in [0.3, 0.4) is 0 Å². The molecule has 0 aromatic heterocycles. The Hall–Kier alpha value is -3.24. The lowest BCUT2D eigenvalue weighted by Gasteiger charge is -1.94. The number of hydrogen-bond acceptors (Lipinski definition) is 4. The summed E-state index contributed by atoms with van der Waals surface area (Å²) in [6.45, 7) is 0.590. The Morgan fingerprint density at radius 3 is 1.45 bits per heavy atom. The molecule has 4 heteroatoms. The highest BCUT2D eigenvalue weighted by molar-refractivity contribution is 5.49. The SMILES string of the molecule is C#Cc1ccc2c(c1)OCO2.C#Cc1ccc2c(c1)OCO2. The van der Waals surface area contributed by atoms with Crippen LogP contribution in [-0.4, -0.2) is 13.6 Å². The standard InChI is InChI=1S/2C9H6O2/c2*1-2-7-3-4-8-9(5-7)11-6-10-8/h2*1,3-5H,6H2. The summed E-state index contributed by atoms with van der Waals surface area (Å²) < 4.78 is 20.5. The fourth-order valence-electron chi connectivity index (χ4n) is 1.97.